The molecule has 0 radical (unpaired) electrons. The van der Waals surface area contributed by atoms with Gasteiger partial charge in [-0.1, -0.05) is 13.8 Å². The number of aromatic amines is 1. The molecule has 0 aliphatic heterocycles. The second-order valence-corrected chi connectivity index (χ2v) is 6.29. The molecular formula is C18H16F3N5. The third kappa shape index (κ3) is 2.61. The second-order valence-electron chi connectivity index (χ2n) is 6.29. The molecule has 134 valence electrons. The van der Waals surface area contributed by atoms with Crippen LogP contribution in [-0.2, 0) is 6.18 Å². The maximum atomic E-state index is 13.1. The van der Waals surface area contributed by atoms with E-state index in [-0.39, 0.29) is 11.6 Å². The van der Waals surface area contributed by atoms with Crippen molar-refractivity contribution in [2.24, 2.45) is 0 Å². The van der Waals surface area contributed by atoms with Gasteiger partial charge in [-0.2, -0.15) is 18.3 Å². The molecule has 0 unspecified atom stereocenters. The summed E-state index contributed by atoms with van der Waals surface area (Å²) >= 11 is 0. The third-order valence-electron chi connectivity index (χ3n) is 4.56. The van der Waals surface area contributed by atoms with Gasteiger partial charge in [-0.05, 0) is 36.8 Å². The minimum Gasteiger partial charge on any atom is -0.280 e. The quantitative estimate of drug-likeness (QED) is 0.570. The van der Waals surface area contributed by atoms with Gasteiger partial charge in [0.05, 0.1) is 11.7 Å². The molecule has 3 aromatic heterocycles. The molecule has 1 N–H and O–H groups in total. The normalized spacial score (nSPS) is 13.6. The first kappa shape index (κ1) is 16.6. The maximum absolute atomic E-state index is 13.1. The van der Waals surface area contributed by atoms with Crippen LogP contribution in [0.5, 0.6) is 0 Å². The van der Waals surface area contributed by atoms with Gasteiger partial charge in [-0.25, -0.2) is 9.97 Å². The molecular weight excluding hydrogens is 343 g/mol. The van der Waals surface area contributed by atoms with Crippen LogP contribution in [0.1, 0.15) is 37.7 Å². The number of fused-ring (bicyclic) bond motifs is 2. The number of H-pyrrole nitrogens is 1. The van der Waals surface area contributed by atoms with E-state index < -0.39 is 11.9 Å². The number of imidazole rings is 1. The van der Waals surface area contributed by atoms with E-state index in [2.05, 4.69) is 20.2 Å². The van der Waals surface area contributed by atoms with Crippen LogP contribution < -0.4 is 0 Å². The van der Waals surface area contributed by atoms with Crippen LogP contribution in [0.2, 0.25) is 0 Å². The Morgan fingerprint density at radius 2 is 1.96 bits per heavy atom. The molecule has 0 fully saturated rings. The minimum absolute atomic E-state index is 0.0681. The molecule has 0 spiro atoms. The summed E-state index contributed by atoms with van der Waals surface area (Å²) in [6.07, 6.45) is -2.02. The molecule has 8 heteroatoms. The summed E-state index contributed by atoms with van der Waals surface area (Å²) in [7, 11) is 0. The number of halogens is 3. The largest absolute Gasteiger partial charge is 0.433 e. The van der Waals surface area contributed by atoms with E-state index in [1.54, 1.807) is 10.8 Å². The van der Waals surface area contributed by atoms with E-state index in [1.165, 1.54) is 6.07 Å². The lowest BCUT2D eigenvalue weighted by atomic mass is 10.1. The fourth-order valence-corrected chi connectivity index (χ4v) is 2.97. The summed E-state index contributed by atoms with van der Waals surface area (Å²) in [6.45, 7) is 4.01. The maximum Gasteiger partial charge on any atom is 0.433 e. The number of alkyl halides is 3. The standard InChI is InChI=1S/C18H16F3N5/c1-3-10(2)16-23-14-6-7-15(18(19,20)21)24-17(14)26(16)12-4-5-13-11(8-12)9-22-25-13/h4-10H,3H2,1-2H3,(H,22,25)/t10-/m0/s1. The molecule has 5 nitrogen and oxygen atoms in total. The fraction of sp³-hybridized carbons (Fsp3) is 0.278. The predicted molar refractivity (Wildman–Crippen MR) is 92.2 cm³/mol. The topological polar surface area (TPSA) is 59.4 Å². The molecule has 0 saturated carbocycles. The average molecular weight is 359 g/mol. The van der Waals surface area contributed by atoms with Crippen molar-refractivity contribution >= 4 is 22.1 Å². The van der Waals surface area contributed by atoms with Crippen LogP contribution in [0.15, 0.2) is 36.5 Å². The molecule has 1 atom stereocenters. The summed E-state index contributed by atoms with van der Waals surface area (Å²) < 4.78 is 41.1. The lowest BCUT2D eigenvalue weighted by Crippen LogP contribution is -2.09. The molecule has 4 aromatic rings. The van der Waals surface area contributed by atoms with Crippen molar-refractivity contribution in [1.29, 1.82) is 0 Å². The first-order chi connectivity index (χ1) is 12.4. The zero-order chi connectivity index (χ0) is 18.5. The van der Waals surface area contributed by atoms with Gasteiger partial charge < -0.3 is 0 Å². The van der Waals surface area contributed by atoms with Crippen LogP contribution in [0.4, 0.5) is 13.2 Å². The Hall–Kier alpha value is -2.90. The molecule has 4 rings (SSSR count). The summed E-state index contributed by atoms with van der Waals surface area (Å²) in [4.78, 5) is 8.44. The minimum atomic E-state index is -4.51. The fourth-order valence-electron chi connectivity index (χ4n) is 2.97. The lowest BCUT2D eigenvalue weighted by molar-refractivity contribution is -0.141. The Morgan fingerprint density at radius 1 is 1.15 bits per heavy atom. The van der Waals surface area contributed by atoms with Crippen molar-refractivity contribution in [1.82, 2.24) is 24.7 Å². The monoisotopic (exact) mass is 359 g/mol. The number of rotatable bonds is 3. The van der Waals surface area contributed by atoms with Gasteiger partial charge in [0.25, 0.3) is 0 Å². The van der Waals surface area contributed by atoms with Gasteiger partial charge in [0, 0.05) is 17.0 Å². The van der Waals surface area contributed by atoms with Crippen LogP contribution in [0, 0.1) is 0 Å². The molecule has 0 aliphatic rings. The first-order valence-electron chi connectivity index (χ1n) is 8.28. The zero-order valence-corrected chi connectivity index (χ0v) is 14.2. The highest BCUT2D eigenvalue weighted by Gasteiger charge is 2.33. The van der Waals surface area contributed by atoms with Crippen LogP contribution >= 0.6 is 0 Å². The van der Waals surface area contributed by atoms with Crippen molar-refractivity contribution in [2.75, 3.05) is 0 Å². The van der Waals surface area contributed by atoms with Crippen molar-refractivity contribution < 1.29 is 13.2 Å². The number of aromatic nitrogens is 5. The number of hydrogen-bond donors (Lipinski definition) is 1. The van der Waals surface area contributed by atoms with Crippen molar-refractivity contribution in [3.05, 3.63) is 48.0 Å². The summed E-state index contributed by atoms with van der Waals surface area (Å²) in [6, 6.07) is 7.89. The summed E-state index contributed by atoms with van der Waals surface area (Å²) in [5.74, 6) is 0.760. The predicted octanol–water partition coefficient (Wildman–Crippen LogP) is 4.83. The van der Waals surface area contributed by atoms with Crippen LogP contribution in [-0.4, -0.2) is 24.7 Å². The first-order valence-corrected chi connectivity index (χ1v) is 8.28. The van der Waals surface area contributed by atoms with E-state index in [9.17, 15) is 13.2 Å². The lowest BCUT2D eigenvalue weighted by Gasteiger charge is -2.13. The third-order valence-corrected chi connectivity index (χ3v) is 4.56. The Kier molecular flexibility index (Phi) is 3.71. The van der Waals surface area contributed by atoms with E-state index in [0.717, 1.165) is 23.4 Å². The van der Waals surface area contributed by atoms with E-state index in [1.807, 2.05) is 32.0 Å². The molecule has 0 aliphatic carbocycles. The van der Waals surface area contributed by atoms with E-state index in [0.29, 0.717) is 17.0 Å². The molecule has 1 aromatic carbocycles. The van der Waals surface area contributed by atoms with Gasteiger partial charge in [0.2, 0.25) is 0 Å². The van der Waals surface area contributed by atoms with Gasteiger partial charge in [0.15, 0.2) is 5.65 Å². The van der Waals surface area contributed by atoms with Crippen LogP contribution in [0.3, 0.4) is 0 Å². The summed E-state index contributed by atoms with van der Waals surface area (Å²) in [5, 5.41) is 7.73. The zero-order valence-electron chi connectivity index (χ0n) is 14.2. The van der Waals surface area contributed by atoms with E-state index in [4.69, 9.17) is 0 Å². The van der Waals surface area contributed by atoms with Gasteiger partial charge >= 0.3 is 6.18 Å². The van der Waals surface area contributed by atoms with Crippen molar-refractivity contribution in [3.63, 3.8) is 0 Å². The Labute approximate surface area is 146 Å². The van der Waals surface area contributed by atoms with E-state index >= 15 is 0 Å². The van der Waals surface area contributed by atoms with Crippen molar-refractivity contribution in [3.8, 4) is 5.69 Å². The van der Waals surface area contributed by atoms with Gasteiger partial charge in [-0.3, -0.25) is 9.67 Å². The van der Waals surface area contributed by atoms with Gasteiger partial charge in [-0.15, -0.1) is 0 Å². The highest BCUT2D eigenvalue weighted by Crippen LogP contribution is 2.32. The Morgan fingerprint density at radius 3 is 2.69 bits per heavy atom. The highest BCUT2D eigenvalue weighted by atomic mass is 19.4. The Balaban J connectivity index is 2.02. The average Bonchev–Trinajstić information content (AvgIpc) is 3.22. The second kappa shape index (κ2) is 5.82. The van der Waals surface area contributed by atoms with Crippen LogP contribution in [0.25, 0.3) is 27.8 Å². The molecule has 3 heterocycles. The smallest absolute Gasteiger partial charge is 0.280 e. The Bertz CT molecular complexity index is 1090. The summed E-state index contributed by atoms with van der Waals surface area (Å²) in [5.41, 5.74) is 1.29. The number of nitrogens with one attached hydrogen (secondary N) is 1. The SMILES string of the molecule is CC[C@H](C)c1nc2ccc(C(F)(F)F)nc2n1-c1ccc2[nH]ncc2c1. The van der Waals surface area contributed by atoms with Crippen molar-refractivity contribution in [2.45, 2.75) is 32.4 Å². The van der Waals surface area contributed by atoms with Gasteiger partial charge in [0.1, 0.15) is 17.0 Å². The number of hydrogen-bond acceptors (Lipinski definition) is 3. The molecule has 0 saturated heterocycles. The molecule has 0 amide bonds. The number of benzene rings is 1. The molecule has 0 bridgehead atoms. The number of nitrogens with zero attached hydrogens (tertiary/aromatic N) is 4. The number of pyridine rings is 1. The highest BCUT2D eigenvalue weighted by molar-refractivity contribution is 5.82. The molecule has 26 heavy (non-hydrogen) atoms.